The van der Waals surface area contributed by atoms with Gasteiger partial charge in [0.25, 0.3) is 0 Å². The molecule has 1 saturated carbocycles. The second-order valence-corrected chi connectivity index (χ2v) is 7.55. The van der Waals surface area contributed by atoms with Gasteiger partial charge in [0, 0.05) is 29.5 Å². The van der Waals surface area contributed by atoms with Crippen molar-refractivity contribution in [3.63, 3.8) is 0 Å². The van der Waals surface area contributed by atoms with E-state index in [4.69, 9.17) is 10.5 Å². The number of aliphatic imine (C=N–C) groups is 1. The zero-order valence-electron chi connectivity index (χ0n) is 14.5. The van der Waals surface area contributed by atoms with Gasteiger partial charge in [0.05, 0.1) is 19.8 Å². The number of halogens is 2. The largest absolute Gasteiger partial charge is 0.379 e. The van der Waals surface area contributed by atoms with Crippen LogP contribution in [0.3, 0.4) is 0 Å². The van der Waals surface area contributed by atoms with E-state index in [-0.39, 0.29) is 29.4 Å². The number of nitrogens with two attached hydrogens (primary N) is 1. The molecule has 1 saturated heterocycles. The molecule has 1 aliphatic carbocycles. The monoisotopic (exact) mass is 522 g/mol. The van der Waals surface area contributed by atoms with E-state index in [0.29, 0.717) is 5.96 Å². The van der Waals surface area contributed by atoms with Crippen molar-refractivity contribution in [3.05, 3.63) is 34.3 Å². The van der Waals surface area contributed by atoms with Crippen LogP contribution in [0, 0.1) is 0 Å². The second-order valence-electron chi connectivity index (χ2n) is 6.70. The lowest BCUT2D eigenvalue weighted by molar-refractivity contribution is 0.0376. The maximum absolute atomic E-state index is 6.04. The summed E-state index contributed by atoms with van der Waals surface area (Å²) in [5.41, 5.74) is 7.57. The molecule has 1 aliphatic heterocycles. The molecule has 3 rings (SSSR count). The van der Waals surface area contributed by atoms with Gasteiger partial charge in [-0.2, -0.15) is 0 Å². The fourth-order valence-electron chi connectivity index (χ4n) is 3.19. The van der Waals surface area contributed by atoms with Crippen LogP contribution >= 0.6 is 39.9 Å². The molecule has 0 atom stereocenters. The first kappa shape index (κ1) is 20.9. The molecule has 5 nitrogen and oxygen atoms in total. The first-order valence-electron chi connectivity index (χ1n) is 8.79. The Balaban J connectivity index is 0.00000225. The molecular formula is C18H28BrIN4O. The Bertz CT molecular complexity index is 574. The van der Waals surface area contributed by atoms with E-state index in [1.807, 2.05) is 0 Å². The van der Waals surface area contributed by atoms with Crippen LogP contribution in [0.1, 0.15) is 24.8 Å². The Labute approximate surface area is 175 Å². The summed E-state index contributed by atoms with van der Waals surface area (Å²) in [7, 11) is 0. The average molecular weight is 523 g/mol. The fraction of sp³-hybridized carbons (Fsp3) is 0.611. The Morgan fingerprint density at radius 3 is 2.68 bits per heavy atom. The van der Waals surface area contributed by atoms with Gasteiger partial charge in [-0.25, -0.2) is 0 Å². The Kier molecular flexibility index (Phi) is 8.44. The average Bonchev–Trinajstić information content (AvgIpc) is 3.39. The smallest absolute Gasteiger partial charge is 0.188 e. The van der Waals surface area contributed by atoms with Crippen LogP contribution in [0.5, 0.6) is 0 Å². The topological polar surface area (TPSA) is 62.9 Å². The van der Waals surface area contributed by atoms with Gasteiger partial charge in [-0.3, -0.25) is 9.89 Å². The summed E-state index contributed by atoms with van der Waals surface area (Å²) in [4.78, 5) is 7.02. The van der Waals surface area contributed by atoms with E-state index in [1.54, 1.807) is 0 Å². The van der Waals surface area contributed by atoms with Gasteiger partial charge < -0.3 is 15.8 Å². The van der Waals surface area contributed by atoms with Crippen molar-refractivity contribution in [1.82, 2.24) is 10.2 Å². The first-order valence-corrected chi connectivity index (χ1v) is 9.58. The van der Waals surface area contributed by atoms with Crippen molar-refractivity contribution in [1.29, 1.82) is 0 Å². The van der Waals surface area contributed by atoms with Crippen LogP contribution in [-0.2, 0) is 10.2 Å². The minimum atomic E-state index is 0. The molecule has 2 fully saturated rings. The third-order valence-electron chi connectivity index (χ3n) is 4.91. The van der Waals surface area contributed by atoms with Crippen molar-refractivity contribution in [2.24, 2.45) is 10.7 Å². The van der Waals surface area contributed by atoms with E-state index in [2.05, 4.69) is 55.4 Å². The standard InChI is InChI=1S/C18H27BrN4O.HI/c19-16-5-2-1-4-15(16)18(6-7-18)14-22-17(20)21-8-3-9-23-10-12-24-13-11-23;/h1-2,4-5H,3,6-14H2,(H3,20,21,22);1H. The lowest BCUT2D eigenvalue weighted by atomic mass is 9.96. The van der Waals surface area contributed by atoms with Crippen LogP contribution in [0.25, 0.3) is 0 Å². The van der Waals surface area contributed by atoms with E-state index in [9.17, 15) is 0 Å². The van der Waals surface area contributed by atoms with Gasteiger partial charge in [-0.05, 0) is 37.4 Å². The van der Waals surface area contributed by atoms with Crippen LogP contribution in [0.2, 0.25) is 0 Å². The lowest BCUT2D eigenvalue weighted by Gasteiger charge is -2.26. The maximum Gasteiger partial charge on any atom is 0.188 e. The summed E-state index contributed by atoms with van der Waals surface area (Å²) in [6.07, 6.45) is 3.44. The van der Waals surface area contributed by atoms with E-state index < -0.39 is 0 Å². The zero-order valence-corrected chi connectivity index (χ0v) is 18.5. The summed E-state index contributed by atoms with van der Waals surface area (Å²) in [6.45, 7) is 6.51. The molecule has 1 aromatic carbocycles. The van der Waals surface area contributed by atoms with Crippen molar-refractivity contribution >= 4 is 45.9 Å². The Morgan fingerprint density at radius 2 is 2.00 bits per heavy atom. The SMILES string of the molecule is I.NC(=NCC1(c2ccccc2Br)CC1)NCCCN1CCOCC1. The molecule has 140 valence electrons. The van der Waals surface area contributed by atoms with Crippen LogP contribution < -0.4 is 11.1 Å². The van der Waals surface area contributed by atoms with Crippen LogP contribution in [-0.4, -0.2) is 56.8 Å². The number of nitrogens with one attached hydrogen (secondary N) is 1. The summed E-state index contributed by atoms with van der Waals surface area (Å²) in [5, 5.41) is 3.25. The molecule has 1 aromatic rings. The predicted octanol–water partition coefficient (Wildman–Crippen LogP) is 2.73. The van der Waals surface area contributed by atoms with E-state index >= 15 is 0 Å². The third-order valence-corrected chi connectivity index (χ3v) is 5.60. The van der Waals surface area contributed by atoms with Crippen LogP contribution in [0.4, 0.5) is 0 Å². The number of hydrogen-bond acceptors (Lipinski definition) is 3. The van der Waals surface area contributed by atoms with Crippen molar-refractivity contribution in [3.8, 4) is 0 Å². The van der Waals surface area contributed by atoms with Gasteiger partial charge in [0.2, 0.25) is 0 Å². The molecule has 2 aliphatic rings. The Morgan fingerprint density at radius 1 is 1.28 bits per heavy atom. The lowest BCUT2D eigenvalue weighted by Crippen LogP contribution is -2.39. The van der Waals surface area contributed by atoms with Gasteiger partial charge in [-0.1, -0.05) is 34.1 Å². The highest BCUT2D eigenvalue weighted by molar-refractivity contribution is 14.0. The summed E-state index contributed by atoms with van der Waals surface area (Å²) >= 11 is 3.66. The number of hydrogen-bond donors (Lipinski definition) is 2. The first-order chi connectivity index (χ1) is 11.7. The number of morpholine rings is 1. The number of benzene rings is 1. The normalized spacial score (nSPS) is 20.0. The van der Waals surface area contributed by atoms with Gasteiger partial charge in [0.1, 0.15) is 0 Å². The molecule has 0 amide bonds. The molecule has 0 bridgehead atoms. The molecular weight excluding hydrogens is 495 g/mol. The van der Waals surface area contributed by atoms with Gasteiger partial charge >= 0.3 is 0 Å². The van der Waals surface area contributed by atoms with Gasteiger partial charge in [0.15, 0.2) is 5.96 Å². The number of nitrogens with zero attached hydrogens (tertiary/aromatic N) is 2. The Hall–Kier alpha value is -0.380. The number of guanidine groups is 1. The molecule has 3 N–H and O–H groups in total. The van der Waals surface area contributed by atoms with E-state index in [1.165, 1.54) is 22.9 Å². The highest BCUT2D eigenvalue weighted by Gasteiger charge is 2.45. The molecule has 25 heavy (non-hydrogen) atoms. The quantitative estimate of drug-likeness (QED) is 0.250. The van der Waals surface area contributed by atoms with Crippen molar-refractivity contribution in [2.45, 2.75) is 24.7 Å². The molecule has 7 heteroatoms. The molecule has 0 spiro atoms. The summed E-state index contributed by atoms with van der Waals surface area (Å²) < 4.78 is 6.53. The van der Waals surface area contributed by atoms with Crippen molar-refractivity contribution < 1.29 is 4.74 Å². The predicted molar refractivity (Wildman–Crippen MR) is 117 cm³/mol. The minimum absolute atomic E-state index is 0. The summed E-state index contributed by atoms with van der Waals surface area (Å²) in [5.74, 6) is 0.565. The maximum atomic E-state index is 6.04. The zero-order chi connectivity index (χ0) is 16.8. The van der Waals surface area contributed by atoms with Gasteiger partial charge in [-0.15, -0.1) is 24.0 Å². The number of ether oxygens (including phenoxy) is 1. The fourth-order valence-corrected chi connectivity index (χ4v) is 3.90. The molecule has 1 heterocycles. The molecule has 0 unspecified atom stereocenters. The molecule has 0 radical (unpaired) electrons. The molecule has 0 aromatic heterocycles. The second kappa shape index (κ2) is 10.1. The highest BCUT2D eigenvalue weighted by atomic mass is 127. The van der Waals surface area contributed by atoms with Crippen LogP contribution in [0.15, 0.2) is 33.7 Å². The van der Waals surface area contributed by atoms with E-state index in [0.717, 1.165) is 52.4 Å². The highest BCUT2D eigenvalue weighted by Crippen LogP contribution is 2.50. The minimum Gasteiger partial charge on any atom is -0.379 e. The summed E-state index contributed by atoms with van der Waals surface area (Å²) in [6, 6.07) is 8.44. The van der Waals surface area contributed by atoms with Crippen molar-refractivity contribution in [2.75, 3.05) is 45.9 Å². The third kappa shape index (κ3) is 6.08. The number of rotatable bonds is 7.